The van der Waals surface area contributed by atoms with Gasteiger partial charge >= 0.3 is 5.97 Å². The van der Waals surface area contributed by atoms with Crippen LogP contribution in [0.25, 0.3) is 0 Å². The molecular formula is C6H16FNO2. The zero-order chi connectivity index (χ0) is 6.41. The second-order valence-electron chi connectivity index (χ2n) is 1.85. The van der Waals surface area contributed by atoms with Gasteiger partial charge in [-0.1, -0.05) is 19.8 Å². The van der Waals surface area contributed by atoms with Crippen molar-refractivity contribution in [2.75, 3.05) is 0 Å². The van der Waals surface area contributed by atoms with E-state index in [0.29, 0.717) is 6.42 Å². The van der Waals surface area contributed by atoms with Crippen LogP contribution in [0.1, 0.15) is 32.6 Å². The molecule has 10 heavy (non-hydrogen) atoms. The molecule has 4 N–H and O–H groups in total. The molecule has 3 nitrogen and oxygen atoms in total. The van der Waals surface area contributed by atoms with Crippen LogP contribution >= 0.6 is 0 Å². The third-order valence-electron chi connectivity index (χ3n) is 0.994. The highest BCUT2D eigenvalue weighted by molar-refractivity contribution is 5.66. The second-order valence-corrected chi connectivity index (χ2v) is 1.85. The van der Waals surface area contributed by atoms with Crippen LogP contribution in [0.2, 0.25) is 0 Å². The molecule has 0 aromatic heterocycles. The average molecular weight is 153 g/mol. The summed E-state index contributed by atoms with van der Waals surface area (Å²) in [5.41, 5.74) is 0. The van der Waals surface area contributed by atoms with Gasteiger partial charge in [0.2, 0.25) is 0 Å². The van der Waals surface area contributed by atoms with E-state index in [0.717, 1.165) is 19.3 Å². The van der Waals surface area contributed by atoms with Crippen molar-refractivity contribution in [2.45, 2.75) is 32.6 Å². The highest BCUT2D eigenvalue weighted by Gasteiger charge is 1.92. The molecule has 0 rings (SSSR count). The van der Waals surface area contributed by atoms with Gasteiger partial charge in [-0.3, -0.25) is 9.50 Å². The fourth-order valence-corrected chi connectivity index (χ4v) is 0.526. The first kappa shape index (κ1) is 16.2. The molecule has 4 heteroatoms. The molecule has 64 valence electrons. The van der Waals surface area contributed by atoms with Gasteiger partial charge in [-0.2, -0.15) is 0 Å². The number of carboxylic acids is 1. The van der Waals surface area contributed by atoms with Crippen LogP contribution in [0.3, 0.4) is 0 Å². The Morgan fingerprint density at radius 3 is 2.20 bits per heavy atom. The second kappa shape index (κ2) is 11.2. The van der Waals surface area contributed by atoms with E-state index < -0.39 is 5.97 Å². The number of rotatable bonds is 4. The Morgan fingerprint density at radius 2 is 1.90 bits per heavy atom. The average Bonchev–Trinajstić information content (AvgIpc) is 1.66. The van der Waals surface area contributed by atoms with Crippen LogP contribution in [-0.4, -0.2) is 11.1 Å². The van der Waals surface area contributed by atoms with Crippen LogP contribution < -0.4 is 6.15 Å². The Kier molecular flexibility index (Phi) is 18.1. The van der Waals surface area contributed by atoms with Crippen molar-refractivity contribution in [2.24, 2.45) is 0 Å². The Bertz CT molecular complexity index is 78.1. The molecule has 0 amide bonds. The molecule has 0 heterocycles. The zero-order valence-corrected chi connectivity index (χ0v) is 6.30. The molecule has 0 saturated carbocycles. The number of hydrogen-bond acceptors (Lipinski definition) is 2. The molecule has 0 atom stereocenters. The van der Waals surface area contributed by atoms with Crippen LogP contribution in [0.4, 0.5) is 4.70 Å². The minimum atomic E-state index is -0.682. The van der Waals surface area contributed by atoms with Crippen molar-refractivity contribution in [1.82, 2.24) is 6.15 Å². The summed E-state index contributed by atoms with van der Waals surface area (Å²) in [5.74, 6) is -0.682. The molecular weight excluding hydrogens is 137 g/mol. The molecule has 0 aliphatic carbocycles. The first-order chi connectivity index (χ1) is 3.77. The van der Waals surface area contributed by atoms with E-state index in [1.807, 2.05) is 0 Å². The molecule has 0 aromatic rings. The van der Waals surface area contributed by atoms with E-state index in [4.69, 9.17) is 5.11 Å². The monoisotopic (exact) mass is 153 g/mol. The lowest BCUT2D eigenvalue weighted by Gasteiger charge is -1.89. The number of carboxylic acid groups (broad SMARTS) is 1. The Hall–Kier alpha value is -0.640. The van der Waals surface area contributed by atoms with E-state index >= 15 is 0 Å². The third-order valence-corrected chi connectivity index (χ3v) is 0.994. The van der Waals surface area contributed by atoms with Crippen LogP contribution in [0.15, 0.2) is 0 Å². The summed E-state index contributed by atoms with van der Waals surface area (Å²) in [4.78, 5) is 9.87. The SMILES string of the molecule is CCCCCC(=O)O.F.N. The highest BCUT2D eigenvalue weighted by Crippen LogP contribution is 1.97. The van der Waals surface area contributed by atoms with Crippen molar-refractivity contribution in [1.29, 1.82) is 0 Å². The van der Waals surface area contributed by atoms with Gasteiger partial charge in [0.1, 0.15) is 0 Å². The van der Waals surface area contributed by atoms with E-state index in [9.17, 15) is 4.79 Å². The van der Waals surface area contributed by atoms with Gasteiger partial charge in [0.15, 0.2) is 0 Å². The minimum absolute atomic E-state index is 0. The minimum Gasteiger partial charge on any atom is -0.481 e. The summed E-state index contributed by atoms with van der Waals surface area (Å²) in [7, 11) is 0. The van der Waals surface area contributed by atoms with Crippen molar-refractivity contribution in [3.05, 3.63) is 0 Å². The summed E-state index contributed by atoms with van der Waals surface area (Å²) in [6.45, 7) is 2.06. The van der Waals surface area contributed by atoms with Gasteiger partial charge in [0.25, 0.3) is 0 Å². The third kappa shape index (κ3) is 15.7. The lowest BCUT2D eigenvalue weighted by Crippen LogP contribution is -1.92. The molecule has 0 bridgehead atoms. The van der Waals surface area contributed by atoms with Gasteiger partial charge in [-0.15, -0.1) is 0 Å². The molecule has 0 aliphatic heterocycles. The number of carbonyl (C=O) groups is 1. The number of unbranched alkanes of at least 4 members (excludes halogenated alkanes) is 2. The van der Waals surface area contributed by atoms with E-state index in [1.54, 1.807) is 0 Å². The fraction of sp³-hybridized carbons (Fsp3) is 0.833. The lowest BCUT2D eigenvalue weighted by molar-refractivity contribution is -0.137. The highest BCUT2D eigenvalue weighted by atomic mass is 19.0. The summed E-state index contributed by atoms with van der Waals surface area (Å²) < 4.78 is 0. The molecule has 0 unspecified atom stereocenters. The number of hydrogen-bond donors (Lipinski definition) is 2. The zero-order valence-electron chi connectivity index (χ0n) is 6.30. The lowest BCUT2D eigenvalue weighted by atomic mass is 10.2. The molecule has 0 saturated heterocycles. The summed E-state index contributed by atoms with van der Waals surface area (Å²) in [5, 5.41) is 8.14. The standard InChI is InChI=1S/C6H12O2.FH.H3N/c1-2-3-4-5-6(7)8;;/h2-5H2,1H3,(H,7,8);1H;1H3. The predicted molar refractivity (Wildman–Crippen MR) is 39.3 cm³/mol. The number of halogens is 1. The molecule has 0 spiro atoms. The quantitative estimate of drug-likeness (QED) is 0.606. The fourth-order valence-electron chi connectivity index (χ4n) is 0.526. The van der Waals surface area contributed by atoms with Gasteiger partial charge in [0, 0.05) is 6.42 Å². The first-order valence-electron chi connectivity index (χ1n) is 2.99. The van der Waals surface area contributed by atoms with Gasteiger partial charge < -0.3 is 11.3 Å². The van der Waals surface area contributed by atoms with Crippen molar-refractivity contribution >= 4 is 5.97 Å². The Morgan fingerprint density at radius 1 is 1.40 bits per heavy atom. The van der Waals surface area contributed by atoms with Gasteiger partial charge in [-0.25, -0.2) is 0 Å². The summed E-state index contributed by atoms with van der Waals surface area (Å²) in [6, 6.07) is 0. The summed E-state index contributed by atoms with van der Waals surface area (Å²) >= 11 is 0. The topological polar surface area (TPSA) is 72.3 Å². The Balaban J connectivity index is -0.000000245. The molecule has 0 aliphatic rings. The number of aliphatic carboxylic acids is 1. The largest absolute Gasteiger partial charge is 0.481 e. The van der Waals surface area contributed by atoms with Crippen LogP contribution in [-0.2, 0) is 4.79 Å². The maximum Gasteiger partial charge on any atom is 0.303 e. The van der Waals surface area contributed by atoms with Gasteiger partial charge in [0.05, 0.1) is 0 Å². The predicted octanol–water partition coefficient (Wildman–Crippen LogP) is 1.97. The normalized spacial score (nSPS) is 7.30. The molecule has 0 radical (unpaired) electrons. The maximum absolute atomic E-state index is 9.87. The van der Waals surface area contributed by atoms with E-state index in [-0.39, 0.29) is 10.9 Å². The van der Waals surface area contributed by atoms with Crippen molar-refractivity contribution in [3.63, 3.8) is 0 Å². The van der Waals surface area contributed by atoms with E-state index in [1.165, 1.54) is 0 Å². The molecule has 0 fully saturated rings. The van der Waals surface area contributed by atoms with Gasteiger partial charge in [-0.05, 0) is 6.42 Å². The first-order valence-corrected chi connectivity index (χ1v) is 2.99. The smallest absolute Gasteiger partial charge is 0.303 e. The molecule has 0 aromatic carbocycles. The maximum atomic E-state index is 9.87. The van der Waals surface area contributed by atoms with E-state index in [2.05, 4.69) is 6.92 Å². The van der Waals surface area contributed by atoms with Crippen molar-refractivity contribution in [3.8, 4) is 0 Å². The van der Waals surface area contributed by atoms with Crippen LogP contribution in [0, 0.1) is 0 Å². The van der Waals surface area contributed by atoms with Crippen LogP contribution in [0.5, 0.6) is 0 Å². The summed E-state index contributed by atoms with van der Waals surface area (Å²) in [6.07, 6.45) is 3.28. The van der Waals surface area contributed by atoms with Crippen molar-refractivity contribution < 1.29 is 14.6 Å². The Labute approximate surface area is 60.4 Å².